The van der Waals surface area contributed by atoms with Crippen LogP contribution in [-0.4, -0.2) is 30.9 Å². The molecule has 22 heavy (non-hydrogen) atoms. The molecular weight excluding hydrogens is 280 g/mol. The Balaban J connectivity index is 1.57. The summed E-state index contributed by atoms with van der Waals surface area (Å²) in [5, 5.41) is 2.87. The molecule has 0 aromatic heterocycles. The Morgan fingerprint density at radius 3 is 2.59 bits per heavy atom. The summed E-state index contributed by atoms with van der Waals surface area (Å²) in [7, 11) is 0. The van der Waals surface area contributed by atoms with E-state index in [0.717, 1.165) is 0 Å². The van der Waals surface area contributed by atoms with Crippen molar-refractivity contribution in [2.45, 2.75) is 38.6 Å². The number of amides is 1. The Morgan fingerprint density at radius 2 is 2.00 bits per heavy atom. The third-order valence-electron chi connectivity index (χ3n) is 3.84. The third kappa shape index (κ3) is 5.48. The second-order valence-electron chi connectivity index (χ2n) is 5.84. The highest BCUT2D eigenvalue weighted by atomic mass is 16.5. The van der Waals surface area contributed by atoms with Crippen LogP contribution in [0.5, 0.6) is 5.75 Å². The maximum Gasteiger partial charge on any atom is 0.220 e. The standard InChI is InChI=1S/C17H24N2O3/c1-12(20)13-6-8-15(9-7-13)22-10-2-3-17(21)19-11-16(18)14-4-5-14/h6-9,14,16H,2-5,10-11,18H2,1H3,(H,19,21). The van der Waals surface area contributed by atoms with Gasteiger partial charge < -0.3 is 15.8 Å². The summed E-state index contributed by atoms with van der Waals surface area (Å²) in [5.41, 5.74) is 6.59. The molecule has 2 rings (SSSR count). The minimum absolute atomic E-state index is 0.0200. The first-order valence-corrected chi connectivity index (χ1v) is 7.82. The molecule has 5 nitrogen and oxygen atoms in total. The molecule has 1 unspecified atom stereocenters. The van der Waals surface area contributed by atoms with Crippen LogP contribution in [0, 0.1) is 5.92 Å². The van der Waals surface area contributed by atoms with Crippen molar-refractivity contribution in [2.24, 2.45) is 11.7 Å². The molecule has 5 heteroatoms. The van der Waals surface area contributed by atoms with Crippen LogP contribution in [0.25, 0.3) is 0 Å². The monoisotopic (exact) mass is 304 g/mol. The van der Waals surface area contributed by atoms with Gasteiger partial charge >= 0.3 is 0 Å². The van der Waals surface area contributed by atoms with Crippen molar-refractivity contribution < 1.29 is 14.3 Å². The predicted octanol–water partition coefficient (Wildman–Crippen LogP) is 1.90. The summed E-state index contributed by atoms with van der Waals surface area (Å²) in [4.78, 5) is 22.8. The Kier molecular flexibility index (Phi) is 5.95. The third-order valence-corrected chi connectivity index (χ3v) is 3.84. The van der Waals surface area contributed by atoms with E-state index in [1.54, 1.807) is 24.3 Å². The number of ether oxygens (including phenoxy) is 1. The van der Waals surface area contributed by atoms with Gasteiger partial charge in [-0.2, -0.15) is 0 Å². The first kappa shape index (κ1) is 16.5. The SMILES string of the molecule is CC(=O)c1ccc(OCCCC(=O)NCC(N)C2CC2)cc1. The Morgan fingerprint density at radius 1 is 1.32 bits per heavy atom. The maximum absolute atomic E-state index is 11.7. The number of benzene rings is 1. The first-order chi connectivity index (χ1) is 10.6. The van der Waals surface area contributed by atoms with E-state index in [9.17, 15) is 9.59 Å². The molecule has 1 aromatic rings. The fourth-order valence-corrected chi connectivity index (χ4v) is 2.22. The highest BCUT2D eigenvalue weighted by Crippen LogP contribution is 2.31. The largest absolute Gasteiger partial charge is 0.494 e. The number of nitrogens with one attached hydrogen (secondary N) is 1. The molecule has 1 fully saturated rings. The van der Waals surface area contributed by atoms with E-state index in [1.807, 2.05) is 0 Å². The zero-order valence-corrected chi connectivity index (χ0v) is 13.0. The normalized spacial score (nSPS) is 15.2. The van der Waals surface area contributed by atoms with Crippen LogP contribution in [0.2, 0.25) is 0 Å². The molecular formula is C17H24N2O3. The van der Waals surface area contributed by atoms with Crippen LogP contribution >= 0.6 is 0 Å². The van der Waals surface area contributed by atoms with E-state index in [2.05, 4.69) is 5.32 Å². The zero-order chi connectivity index (χ0) is 15.9. The highest BCUT2D eigenvalue weighted by Gasteiger charge is 2.28. The second kappa shape index (κ2) is 7.94. The predicted molar refractivity (Wildman–Crippen MR) is 84.9 cm³/mol. The van der Waals surface area contributed by atoms with Crippen molar-refractivity contribution in [1.82, 2.24) is 5.32 Å². The molecule has 3 N–H and O–H groups in total. The number of rotatable bonds is 9. The molecule has 0 spiro atoms. The minimum atomic E-state index is 0.0200. The average Bonchev–Trinajstić information content (AvgIpc) is 3.34. The van der Waals surface area contributed by atoms with E-state index in [4.69, 9.17) is 10.5 Å². The molecule has 1 amide bonds. The van der Waals surface area contributed by atoms with Gasteiger partial charge in [-0.15, -0.1) is 0 Å². The van der Waals surface area contributed by atoms with Crippen LogP contribution in [0.1, 0.15) is 43.0 Å². The lowest BCUT2D eigenvalue weighted by atomic mass is 10.1. The van der Waals surface area contributed by atoms with E-state index in [-0.39, 0.29) is 17.7 Å². The number of nitrogens with two attached hydrogens (primary N) is 1. The summed E-state index contributed by atoms with van der Waals surface area (Å²) < 4.78 is 5.55. The molecule has 0 radical (unpaired) electrons. The van der Waals surface area contributed by atoms with Crippen LogP contribution in [0.15, 0.2) is 24.3 Å². The molecule has 0 heterocycles. The van der Waals surface area contributed by atoms with Gasteiger partial charge in [-0.25, -0.2) is 0 Å². The molecule has 1 saturated carbocycles. The summed E-state index contributed by atoms with van der Waals surface area (Å²) in [6.45, 7) is 2.57. The molecule has 0 saturated heterocycles. The van der Waals surface area contributed by atoms with Gasteiger partial charge in [0.2, 0.25) is 5.91 Å². The lowest BCUT2D eigenvalue weighted by molar-refractivity contribution is -0.121. The smallest absolute Gasteiger partial charge is 0.220 e. The fraction of sp³-hybridized carbons (Fsp3) is 0.529. The summed E-state index contributed by atoms with van der Waals surface area (Å²) in [5.74, 6) is 1.36. The van der Waals surface area contributed by atoms with E-state index < -0.39 is 0 Å². The quantitative estimate of drug-likeness (QED) is 0.539. The zero-order valence-electron chi connectivity index (χ0n) is 13.0. The van der Waals surface area contributed by atoms with E-state index in [1.165, 1.54) is 19.8 Å². The first-order valence-electron chi connectivity index (χ1n) is 7.82. The van der Waals surface area contributed by atoms with Crippen LogP contribution in [0.4, 0.5) is 0 Å². The lowest BCUT2D eigenvalue weighted by Gasteiger charge is -2.11. The molecule has 0 bridgehead atoms. The average molecular weight is 304 g/mol. The molecule has 1 aromatic carbocycles. The van der Waals surface area contributed by atoms with Gasteiger partial charge in [-0.3, -0.25) is 9.59 Å². The van der Waals surface area contributed by atoms with Crippen molar-refractivity contribution in [1.29, 1.82) is 0 Å². The fourth-order valence-electron chi connectivity index (χ4n) is 2.22. The molecule has 1 aliphatic carbocycles. The minimum Gasteiger partial charge on any atom is -0.494 e. The molecule has 1 aliphatic rings. The van der Waals surface area contributed by atoms with Crippen molar-refractivity contribution in [3.63, 3.8) is 0 Å². The van der Waals surface area contributed by atoms with Crippen LogP contribution < -0.4 is 15.8 Å². The molecule has 1 atom stereocenters. The Bertz CT molecular complexity index is 509. The summed E-state index contributed by atoms with van der Waals surface area (Å²) >= 11 is 0. The molecule has 120 valence electrons. The van der Waals surface area contributed by atoms with Gasteiger partial charge in [0.25, 0.3) is 0 Å². The second-order valence-corrected chi connectivity index (χ2v) is 5.84. The van der Waals surface area contributed by atoms with Crippen molar-refractivity contribution >= 4 is 11.7 Å². The summed E-state index contributed by atoms with van der Waals surface area (Å²) in [6.07, 6.45) is 3.46. The number of carbonyl (C=O) groups is 2. The van der Waals surface area contributed by atoms with Gasteiger partial charge in [-0.05, 0) is 56.4 Å². The van der Waals surface area contributed by atoms with Gasteiger partial charge in [-0.1, -0.05) is 0 Å². The van der Waals surface area contributed by atoms with Crippen LogP contribution in [-0.2, 0) is 4.79 Å². The molecule has 0 aliphatic heterocycles. The summed E-state index contributed by atoms with van der Waals surface area (Å²) in [6, 6.07) is 7.12. The van der Waals surface area contributed by atoms with Gasteiger partial charge in [0.15, 0.2) is 5.78 Å². The number of Topliss-reactive ketones (excluding diaryl/α,β-unsaturated/α-hetero) is 1. The number of ketones is 1. The number of hydrogen-bond acceptors (Lipinski definition) is 4. The Labute approximate surface area is 131 Å². The van der Waals surface area contributed by atoms with Crippen LogP contribution in [0.3, 0.4) is 0 Å². The maximum atomic E-state index is 11.7. The topological polar surface area (TPSA) is 81.4 Å². The van der Waals surface area contributed by atoms with E-state index in [0.29, 0.717) is 43.2 Å². The van der Waals surface area contributed by atoms with Gasteiger partial charge in [0.05, 0.1) is 6.61 Å². The Hall–Kier alpha value is -1.88. The van der Waals surface area contributed by atoms with Crippen molar-refractivity contribution in [3.8, 4) is 5.75 Å². The highest BCUT2D eigenvalue weighted by molar-refractivity contribution is 5.94. The van der Waals surface area contributed by atoms with Crippen molar-refractivity contribution in [3.05, 3.63) is 29.8 Å². The van der Waals surface area contributed by atoms with Crippen molar-refractivity contribution in [2.75, 3.05) is 13.2 Å². The van der Waals surface area contributed by atoms with E-state index >= 15 is 0 Å². The lowest BCUT2D eigenvalue weighted by Crippen LogP contribution is -2.38. The van der Waals surface area contributed by atoms with Gasteiger partial charge in [0, 0.05) is 24.6 Å². The number of carbonyl (C=O) groups excluding carboxylic acids is 2. The number of hydrogen-bond donors (Lipinski definition) is 2. The van der Waals surface area contributed by atoms with Gasteiger partial charge in [0.1, 0.15) is 5.75 Å².